The standard InChI is InChI=1S/C16H24ClFN2O/c1-3-5-15(20-8-6-19-7-9-20)12-10-13(17)16(21-4-2)14(18)11-12/h10-11,15,19H,3-9H2,1-2H3/t15-/m1/s1. The first-order valence-electron chi connectivity index (χ1n) is 7.73. The van der Waals surface area contributed by atoms with E-state index in [4.69, 9.17) is 16.3 Å². The second kappa shape index (κ2) is 7.97. The predicted molar refractivity (Wildman–Crippen MR) is 84.7 cm³/mol. The zero-order valence-electron chi connectivity index (χ0n) is 12.8. The molecule has 5 heteroatoms. The van der Waals surface area contributed by atoms with Crippen LogP contribution in [-0.2, 0) is 0 Å². The van der Waals surface area contributed by atoms with Crippen LogP contribution in [0.25, 0.3) is 0 Å². The molecule has 0 saturated carbocycles. The largest absolute Gasteiger partial charge is 0.489 e. The molecular formula is C16H24ClFN2O. The van der Waals surface area contributed by atoms with Crippen LogP contribution in [-0.4, -0.2) is 37.7 Å². The summed E-state index contributed by atoms with van der Waals surface area (Å²) in [7, 11) is 0. The van der Waals surface area contributed by atoms with E-state index in [1.807, 2.05) is 13.0 Å². The lowest BCUT2D eigenvalue weighted by Gasteiger charge is -2.35. The van der Waals surface area contributed by atoms with Gasteiger partial charge in [0.15, 0.2) is 11.6 Å². The summed E-state index contributed by atoms with van der Waals surface area (Å²) in [5.74, 6) is -0.200. The van der Waals surface area contributed by atoms with Crippen molar-refractivity contribution in [2.24, 2.45) is 0 Å². The van der Waals surface area contributed by atoms with E-state index in [0.717, 1.165) is 44.6 Å². The first-order chi connectivity index (χ1) is 10.2. The molecule has 1 aromatic rings. The fourth-order valence-electron chi connectivity index (χ4n) is 2.88. The Labute approximate surface area is 131 Å². The molecule has 1 atom stereocenters. The average molecular weight is 315 g/mol. The van der Waals surface area contributed by atoms with Gasteiger partial charge in [-0.2, -0.15) is 0 Å². The zero-order valence-corrected chi connectivity index (χ0v) is 13.5. The maximum atomic E-state index is 14.2. The highest BCUT2D eigenvalue weighted by atomic mass is 35.5. The van der Waals surface area contributed by atoms with Gasteiger partial charge in [-0.25, -0.2) is 4.39 Å². The highest BCUT2D eigenvalue weighted by Gasteiger charge is 2.23. The molecule has 1 aliphatic heterocycles. The molecule has 0 amide bonds. The minimum atomic E-state index is -0.365. The van der Waals surface area contributed by atoms with Crippen LogP contribution in [0.5, 0.6) is 5.75 Å². The number of nitrogens with one attached hydrogen (secondary N) is 1. The Morgan fingerprint density at radius 1 is 1.33 bits per heavy atom. The Hall–Kier alpha value is -0.840. The van der Waals surface area contributed by atoms with Crippen molar-refractivity contribution in [3.63, 3.8) is 0 Å². The molecule has 0 radical (unpaired) electrons. The molecule has 0 spiro atoms. The molecule has 0 aliphatic carbocycles. The maximum Gasteiger partial charge on any atom is 0.173 e. The fraction of sp³-hybridized carbons (Fsp3) is 0.625. The first kappa shape index (κ1) is 16.5. The smallest absolute Gasteiger partial charge is 0.173 e. The number of nitrogens with zero attached hydrogens (tertiary/aromatic N) is 1. The Kier molecular flexibility index (Phi) is 6.27. The van der Waals surface area contributed by atoms with Gasteiger partial charge in [-0.3, -0.25) is 4.90 Å². The van der Waals surface area contributed by atoms with Crippen molar-refractivity contribution in [1.29, 1.82) is 0 Å². The third-order valence-electron chi connectivity index (χ3n) is 3.85. The monoisotopic (exact) mass is 314 g/mol. The first-order valence-corrected chi connectivity index (χ1v) is 8.11. The number of piperazine rings is 1. The van der Waals surface area contributed by atoms with Gasteiger partial charge in [0.05, 0.1) is 11.6 Å². The lowest BCUT2D eigenvalue weighted by Crippen LogP contribution is -2.45. The highest BCUT2D eigenvalue weighted by molar-refractivity contribution is 6.32. The molecule has 1 fully saturated rings. The summed E-state index contributed by atoms with van der Waals surface area (Å²) in [6, 6.07) is 3.66. The second-order valence-electron chi connectivity index (χ2n) is 5.34. The van der Waals surface area contributed by atoms with E-state index in [1.165, 1.54) is 0 Å². The number of ether oxygens (including phenoxy) is 1. The minimum Gasteiger partial charge on any atom is -0.489 e. The molecule has 0 unspecified atom stereocenters. The summed E-state index contributed by atoms with van der Waals surface area (Å²) in [5, 5.41) is 3.71. The van der Waals surface area contributed by atoms with Crippen molar-refractivity contribution in [3.8, 4) is 5.75 Å². The van der Waals surface area contributed by atoms with Crippen molar-refractivity contribution in [1.82, 2.24) is 10.2 Å². The van der Waals surface area contributed by atoms with Crippen molar-refractivity contribution < 1.29 is 9.13 Å². The molecule has 1 saturated heterocycles. The molecular weight excluding hydrogens is 291 g/mol. The Balaban J connectivity index is 2.27. The van der Waals surface area contributed by atoms with Gasteiger partial charge in [-0.1, -0.05) is 24.9 Å². The molecule has 1 aliphatic rings. The number of benzene rings is 1. The van der Waals surface area contributed by atoms with E-state index >= 15 is 0 Å². The maximum absolute atomic E-state index is 14.2. The van der Waals surface area contributed by atoms with Crippen LogP contribution < -0.4 is 10.1 Å². The van der Waals surface area contributed by atoms with E-state index in [2.05, 4.69) is 17.1 Å². The van der Waals surface area contributed by atoms with Gasteiger partial charge >= 0.3 is 0 Å². The van der Waals surface area contributed by atoms with E-state index < -0.39 is 0 Å². The molecule has 21 heavy (non-hydrogen) atoms. The van der Waals surface area contributed by atoms with Gasteiger partial charge in [-0.15, -0.1) is 0 Å². The number of hydrogen-bond acceptors (Lipinski definition) is 3. The van der Waals surface area contributed by atoms with Crippen LogP contribution in [0.3, 0.4) is 0 Å². The van der Waals surface area contributed by atoms with Crippen LogP contribution in [0.15, 0.2) is 12.1 Å². The lowest BCUT2D eigenvalue weighted by atomic mass is 9.99. The van der Waals surface area contributed by atoms with Gasteiger partial charge in [-0.05, 0) is 31.0 Å². The predicted octanol–water partition coefficient (Wildman–Crippen LogP) is 3.62. The van der Waals surface area contributed by atoms with Crippen LogP contribution in [0, 0.1) is 5.82 Å². The van der Waals surface area contributed by atoms with Crippen LogP contribution >= 0.6 is 11.6 Å². The summed E-state index contributed by atoms with van der Waals surface area (Å²) in [4.78, 5) is 2.41. The minimum absolute atomic E-state index is 0.165. The van der Waals surface area contributed by atoms with Gasteiger partial charge < -0.3 is 10.1 Å². The van der Waals surface area contributed by atoms with Gasteiger partial charge in [0.25, 0.3) is 0 Å². The third kappa shape index (κ3) is 4.09. The SMILES string of the molecule is CCC[C@H](c1cc(F)c(OCC)c(Cl)c1)N1CCNCC1. The van der Waals surface area contributed by atoms with Crippen LogP contribution in [0.1, 0.15) is 38.3 Å². The van der Waals surface area contributed by atoms with E-state index in [0.29, 0.717) is 11.6 Å². The molecule has 118 valence electrons. The topological polar surface area (TPSA) is 24.5 Å². The van der Waals surface area contributed by atoms with E-state index in [1.54, 1.807) is 6.07 Å². The van der Waals surface area contributed by atoms with E-state index in [9.17, 15) is 4.39 Å². The van der Waals surface area contributed by atoms with Gasteiger partial charge in [0, 0.05) is 32.2 Å². The van der Waals surface area contributed by atoms with Crippen molar-refractivity contribution >= 4 is 11.6 Å². The normalized spacial score (nSPS) is 17.7. The molecule has 2 rings (SSSR count). The molecule has 1 aromatic carbocycles. The molecule has 0 bridgehead atoms. The molecule has 3 nitrogen and oxygen atoms in total. The summed E-state index contributed by atoms with van der Waals surface area (Å²) in [5.41, 5.74) is 0.949. The average Bonchev–Trinajstić information content (AvgIpc) is 2.49. The third-order valence-corrected chi connectivity index (χ3v) is 4.13. The quantitative estimate of drug-likeness (QED) is 0.868. The Morgan fingerprint density at radius 2 is 2.05 bits per heavy atom. The number of hydrogen-bond donors (Lipinski definition) is 1. The Morgan fingerprint density at radius 3 is 2.62 bits per heavy atom. The highest BCUT2D eigenvalue weighted by Crippen LogP contribution is 2.34. The summed E-state index contributed by atoms with van der Waals surface area (Å²) in [6.45, 7) is 8.31. The molecule has 1 N–H and O–H groups in total. The number of halogens is 2. The van der Waals surface area contributed by atoms with Crippen molar-refractivity contribution in [3.05, 3.63) is 28.5 Å². The molecule has 1 heterocycles. The van der Waals surface area contributed by atoms with Crippen LogP contribution in [0.4, 0.5) is 4.39 Å². The summed E-state index contributed by atoms with van der Waals surface area (Å²) < 4.78 is 19.5. The zero-order chi connectivity index (χ0) is 15.2. The summed E-state index contributed by atoms with van der Waals surface area (Å²) in [6.07, 6.45) is 2.06. The number of rotatable bonds is 6. The fourth-order valence-corrected chi connectivity index (χ4v) is 3.15. The van der Waals surface area contributed by atoms with E-state index in [-0.39, 0.29) is 17.6 Å². The van der Waals surface area contributed by atoms with Gasteiger partial charge in [0.1, 0.15) is 0 Å². The lowest BCUT2D eigenvalue weighted by molar-refractivity contribution is 0.164. The van der Waals surface area contributed by atoms with Crippen molar-refractivity contribution in [2.75, 3.05) is 32.8 Å². The van der Waals surface area contributed by atoms with Crippen molar-refractivity contribution in [2.45, 2.75) is 32.7 Å². The summed E-state index contributed by atoms with van der Waals surface area (Å²) >= 11 is 6.20. The molecule has 0 aromatic heterocycles. The van der Waals surface area contributed by atoms with Crippen LogP contribution in [0.2, 0.25) is 5.02 Å². The van der Waals surface area contributed by atoms with Gasteiger partial charge in [0.2, 0.25) is 0 Å². The Bertz CT molecular complexity index is 441. The second-order valence-corrected chi connectivity index (χ2v) is 5.74.